The number of fused-ring (bicyclic) bond motifs is 1. The molecule has 18 heavy (non-hydrogen) atoms. The van der Waals surface area contributed by atoms with Crippen LogP contribution in [0.25, 0.3) is 5.65 Å². The molecule has 0 radical (unpaired) electrons. The summed E-state index contributed by atoms with van der Waals surface area (Å²) in [6.45, 7) is 4.81. The number of hydrogen-bond acceptors (Lipinski definition) is 3. The van der Waals surface area contributed by atoms with E-state index in [0.717, 1.165) is 24.3 Å². The standard InChI is InChI=1S/C14H21N3O/c1-3-11(4-2)12(18)10-16-14-7-5-6-13-15-8-9-17(13)14/h5-9,11-12,16,18H,3-4,10H2,1-2H3. The predicted octanol–water partition coefficient (Wildman–Crippen LogP) is 2.54. The zero-order valence-corrected chi connectivity index (χ0v) is 11.0. The monoisotopic (exact) mass is 247 g/mol. The number of hydrogen-bond donors (Lipinski definition) is 2. The van der Waals surface area contributed by atoms with Gasteiger partial charge in [0.15, 0.2) is 0 Å². The summed E-state index contributed by atoms with van der Waals surface area (Å²) in [6.07, 6.45) is 5.40. The molecule has 2 aromatic heterocycles. The SMILES string of the molecule is CCC(CC)C(O)CNc1cccc2nccn12. The van der Waals surface area contributed by atoms with E-state index in [-0.39, 0.29) is 6.10 Å². The maximum atomic E-state index is 10.1. The summed E-state index contributed by atoms with van der Waals surface area (Å²) in [4.78, 5) is 4.23. The van der Waals surface area contributed by atoms with E-state index < -0.39 is 0 Å². The molecular weight excluding hydrogens is 226 g/mol. The fourth-order valence-corrected chi connectivity index (χ4v) is 2.30. The molecule has 0 aromatic carbocycles. The molecule has 1 atom stereocenters. The van der Waals surface area contributed by atoms with Crippen molar-refractivity contribution in [3.63, 3.8) is 0 Å². The molecule has 0 aliphatic carbocycles. The highest BCUT2D eigenvalue weighted by Crippen LogP contribution is 2.15. The third-order valence-electron chi connectivity index (χ3n) is 3.51. The lowest BCUT2D eigenvalue weighted by Gasteiger charge is -2.21. The number of aromatic nitrogens is 2. The van der Waals surface area contributed by atoms with Crippen LogP contribution < -0.4 is 5.32 Å². The van der Waals surface area contributed by atoms with Crippen LogP contribution in [0.1, 0.15) is 26.7 Å². The Morgan fingerprint density at radius 2 is 2.11 bits per heavy atom. The molecule has 0 aliphatic rings. The second-order valence-corrected chi connectivity index (χ2v) is 4.59. The molecule has 0 aliphatic heterocycles. The van der Waals surface area contributed by atoms with Crippen LogP contribution in [0.3, 0.4) is 0 Å². The number of nitrogens with one attached hydrogen (secondary N) is 1. The quantitative estimate of drug-likeness (QED) is 0.824. The van der Waals surface area contributed by atoms with Crippen molar-refractivity contribution in [3.05, 3.63) is 30.6 Å². The fraction of sp³-hybridized carbons (Fsp3) is 0.500. The molecule has 0 amide bonds. The molecule has 2 aromatic rings. The third-order valence-corrected chi connectivity index (χ3v) is 3.51. The van der Waals surface area contributed by atoms with Gasteiger partial charge in [0.1, 0.15) is 11.5 Å². The topological polar surface area (TPSA) is 49.6 Å². The first-order chi connectivity index (χ1) is 8.76. The van der Waals surface area contributed by atoms with Crippen molar-refractivity contribution in [3.8, 4) is 0 Å². The molecule has 1 unspecified atom stereocenters. The van der Waals surface area contributed by atoms with Crippen molar-refractivity contribution in [1.29, 1.82) is 0 Å². The molecule has 98 valence electrons. The van der Waals surface area contributed by atoms with E-state index in [4.69, 9.17) is 0 Å². The average molecular weight is 247 g/mol. The van der Waals surface area contributed by atoms with E-state index in [1.54, 1.807) is 6.20 Å². The Hall–Kier alpha value is -1.55. The molecule has 4 heteroatoms. The van der Waals surface area contributed by atoms with Crippen LogP contribution in [-0.2, 0) is 0 Å². The largest absolute Gasteiger partial charge is 0.391 e. The highest BCUT2D eigenvalue weighted by molar-refractivity contribution is 5.49. The summed E-state index contributed by atoms with van der Waals surface area (Å²) in [7, 11) is 0. The number of aliphatic hydroxyl groups excluding tert-OH is 1. The van der Waals surface area contributed by atoms with Gasteiger partial charge in [-0.3, -0.25) is 4.40 Å². The Morgan fingerprint density at radius 3 is 2.83 bits per heavy atom. The lowest BCUT2D eigenvalue weighted by atomic mass is 9.96. The highest BCUT2D eigenvalue weighted by atomic mass is 16.3. The van der Waals surface area contributed by atoms with Gasteiger partial charge in [-0.1, -0.05) is 32.8 Å². The van der Waals surface area contributed by atoms with Gasteiger partial charge in [0.05, 0.1) is 6.10 Å². The Morgan fingerprint density at radius 1 is 1.33 bits per heavy atom. The molecule has 2 N–H and O–H groups in total. The smallest absolute Gasteiger partial charge is 0.138 e. The number of anilines is 1. The van der Waals surface area contributed by atoms with Crippen LogP contribution in [0.15, 0.2) is 30.6 Å². The van der Waals surface area contributed by atoms with Gasteiger partial charge in [-0.2, -0.15) is 0 Å². The number of aliphatic hydroxyl groups is 1. The van der Waals surface area contributed by atoms with Crippen LogP contribution >= 0.6 is 0 Å². The number of rotatable bonds is 6. The molecule has 0 fully saturated rings. The van der Waals surface area contributed by atoms with Crippen LogP contribution in [0.4, 0.5) is 5.82 Å². The van der Waals surface area contributed by atoms with Crippen molar-refractivity contribution in [1.82, 2.24) is 9.38 Å². The molecule has 2 rings (SSSR count). The predicted molar refractivity (Wildman–Crippen MR) is 73.8 cm³/mol. The van der Waals surface area contributed by atoms with E-state index in [2.05, 4.69) is 24.1 Å². The first-order valence-electron chi connectivity index (χ1n) is 6.60. The van der Waals surface area contributed by atoms with Crippen molar-refractivity contribution in [2.45, 2.75) is 32.8 Å². The first-order valence-corrected chi connectivity index (χ1v) is 6.60. The van der Waals surface area contributed by atoms with Gasteiger partial charge in [-0.25, -0.2) is 4.98 Å². The lowest BCUT2D eigenvalue weighted by molar-refractivity contribution is 0.114. The number of nitrogens with zero attached hydrogens (tertiary/aromatic N) is 2. The molecule has 0 saturated heterocycles. The van der Waals surface area contributed by atoms with Gasteiger partial charge in [0, 0.05) is 18.9 Å². The van der Waals surface area contributed by atoms with Gasteiger partial charge in [0.25, 0.3) is 0 Å². The minimum atomic E-state index is -0.307. The van der Waals surface area contributed by atoms with E-state index in [1.165, 1.54) is 0 Å². The molecular formula is C14H21N3O. The number of imidazole rings is 1. The Kier molecular flexibility index (Phi) is 4.20. The van der Waals surface area contributed by atoms with Crippen LogP contribution in [0.5, 0.6) is 0 Å². The summed E-state index contributed by atoms with van der Waals surface area (Å²) in [5.41, 5.74) is 0.914. The third kappa shape index (κ3) is 2.64. The second-order valence-electron chi connectivity index (χ2n) is 4.59. The number of pyridine rings is 1. The van der Waals surface area contributed by atoms with E-state index in [1.807, 2.05) is 28.8 Å². The highest BCUT2D eigenvalue weighted by Gasteiger charge is 2.15. The van der Waals surface area contributed by atoms with Gasteiger partial charge in [-0.05, 0) is 18.1 Å². The second kappa shape index (κ2) is 5.87. The average Bonchev–Trinajstić information content (AvgIpc) is 2.86. The van der Waals surface area contributed by atoms with Crippen LogP contribution in [0.2, 0.25) is 0 Å². The Balaban J connectivity index is 2.04. The van der Waals surface area contributed by atoms with Gasteiger partial charge >= 0.3 is 0 Å². The summed E-state index contributed by atoms with van der Waals surface area (Å²) in [6, 6.07) is 5.92. The van der Waals surface area contributed by atoms with Gasteiger partial charge < -0.3 is 10.4 Å². The molecule has 0 saturated carbocycles. The normalized spacial score (nSPS) is 13.1. The van der Waals surface area contributed by atoms with E-state index in [0.29, 0.717) is 12.5 Å². The summed E-state index contributed by atoms with van der Waals surface area (Å²) < 4.78 is 1.99. The minimum absolute atomic E-state index is 0.307. The molecule has 2 heterocycles. The molecule has 0 bridgehead atoms. The summed E-state index contributed by atoms with van der Waals surface area (Å²) in [5, 5.41) is 13.4. The summed E-state index contributed by atoms with van der Waals surface area (Å²) >= 11 is 0. The van der Waals surface area contributed by atoms with Crippen molar-refractivity contribution in [2.24, 2.45) is 5.92 Å². The van der Waals surface area contributed by atoms with Crippen molar-refractivity contribution < 1.29 is 5.11 Å². The maximum Gasteiger partial charge on any atom is 0.138 e. The van der Waals surface area contributed by atoms with Gasteiger partial charge in [-0.15, -0.1) is 0 Å². The van der Waals surface area contributed by atoms with Gasteiger partial charge in [0.2, 0.25) is 0 Å². The molecule has 4 nitrogen and oxygen atoms in total. The zero-order valence-electron chi connectivity index (χ0n) is 11.0. The van der Waals surface area contributed by atoms with E-state index in [9.17, 15) is 5.11 Å². The minimum Gasteiger partial charge on any atom is -0.391 e. The Bertz CT molecular complexity index is 490. The lowest BCUT2D eigenvalue weighted by Crippen LogP contribution is -2.28. The van der Waals surface area contributed by atoms with Crippen molar-refractivity contribution in [2.75, 3.05) is 11.9 Å². The fourth-order valence-electron chi connectivity index (χ4n) is 2.30. The summed E-state index contributed by atoms with van der Waals surface area (Å²) in [5.74, 6) is 1.33. The van der Waals surface area contributed by atoms with Crippen LogP contribution in [-0.4, -0.2) is 27.1 Å². The first kappa shape index (κ1) is 12.9. The van der Waals surface area contributed by atoms with E-state index >= 15 is 0 Å². The van der Waals surface area contributed by atoms with Crippen molar-refractivity contribution >= 4 is 11.5 Å². The zero-order chi connectivity index (χ0) is 13.0. The maximum absolute atomic E-state index is 10.1. The van der Waals surface area contributed by atoms with Crippen LogP contribution in [0, 0.1) is 5.92 Å². The Labute approximate surface area is 108 Å². The molecule has 0 spiro atoms.